The van der Waals surface area contributed by atoms with Crippen LogP contribution < -0.4 is 9.64 Å². The highest BCUT2D eigenvalue weighted by atomic mass is 16.5. The van der Waals surface area contributed by atoms with Gasteiger partial charge in [-0.25, -0.2) is 9.97 Å². The maximum atomic E-state index is 5.73. The summed E-state index contributed by atoms with van der Waals surface area (Å²) in [7, 11) is 0. The second-order valence-corrected chi connectivity index (χ2v) is 4.66. The SMILES string of the molecule is Cc1ncnc2c1CCN2CCOc1ccccc1. The molecule has 0 fully saturated rings. The van der Waals surface area contributed by atoms with E-state index in [1.165, 1.54) is 5.56 Å². The summed E-state index contributed by atoms with van der Waals surface area (Å²) < 4.78 is 5.73. The number of ether oxygens (including phenoxy) is 1. The van der Waals surface area contributed by atoms with Crippen molar-refractivity contribution in [2.45, 2.75) is 13.3 Å². The minimum Gasteiger partial charge on any atom is -0.492 e. The average molecular weight is 255 g/mol. The summed E-state index contributed by atoms with van der Waals surface area (Å²) >= 11 is 0. The Morgan fingerprint density at radius 1 is 1.21 bits per heavy atom. The van der Waals surface area contributed by atoms with Gasteiger partial charge in [-0.15, -0.1) is 0 Å². The van der Waals surface area contributed by atoms with Crippen LogP contribution in [0.3, 0.4) is 0 Å². The first-order valence-electron chi connectivity index (χ1n) is 6.58. The number of anilines is 1. The molecule has 19 heavy (non-hydrogen) atoms. The summed E-state index contributed by atoms with van der Waals surface area (Å²) in [5, 5.41) is 0. The van der Waals surface area contributed by atoms with Crippen LogP contribution in [0.5, 0.6) is 5.75 Å². The lowest BCUT2D eigenvalue weighted by molar-refractivity contribution is 0.324. The van der Waals surface area contributed by atoms with Crippen molar-refractivity contribution in [2.75, 3.05) is 24.6 Å². The van der Waals surface area contributed by atoms with E-state index in [4.69, 9.17) is 4.74 Å². The molecule has 2 aromatic rings. The number of benzene rings is 1. The van der Waals surface area contributed by atoms with Crippen LogP contribution in [0.2, 0.25) is 0 Å². The molecule has 1 aromatic carbocycles. The number of para-hydroxylation sites is 1. The van der Waals surface area contributed by atoms with E-state index >= 15 is 0 Å². The Bertz CT molecular complexity index is 557. The van der Waals surface area contributed by atoms with Gasteiger partial charge in [0.05, 0.1) is 6.54 Å². The highest BCUT2D eigenvalue weighted by molar-refractivity contribution is 5.53. The summed E-state index contributed by atoms with van der Waals surface area (Å²) in [6.07, 6.45) is 2.68. The number of aryl methyl sites for hydroxylation is 1. The Morgan fingerprint density at radius 2 is 2.05 bits per heavy atom. The zero-order chi connectivity index (χ0) is 13.1. The van der Waals surface area contributed by atoms with E-state index in [0.29, 0.717) is 6.61 Å². The number of hydrogen-bond donors (Lipinski definition) is 0. The monoisotopic (exact) mass is 255 g/mol. The molecular weight excluding hydrogens is 238 g/mol. The minimum absolute atomic E-state index is 0.673. The Kier molecular flexibility index (Phi) is 3.31. The van der Waals surface area contributed by atoms with Crippen molar-refractivity contribution in [3.05, 3.63) is 47.9 Å². The Balaban J connectivity index is 1.60. The lowest BCUT2D eigenvalue weighted by atomic mass is 10.2. The standard InChI is InChI=1S/C15H17N3O/c1-12-14-7-8-18(15(14)17-11-16-12)9-10-19-13-5-3-2-4-6-13/h2-6,11H,7-10H2,1H3. The molecule has 0 unspecified atom stereocenters. The van der Waals surface area contributed by atoms with Gasteiger partial charge >= 0.3 is 0 Å². The predicted molar refractivity (Wildman–Crippen MR) is 74.6 cm³/mol. The van der Waals surface area contributed by atoms with Crippen LogP contribution in [-0.2, 0) is 6.42 Å². The van der Waals surface area contributed by atoms with Crippen molar-refractivity contribution in [2.24, 2.45) is 0 Å². The molecule has 0 atom stereocenters. The molecule has 4 heteroatoms. The Morgan fingerprint density at radius 3 is 2.89 bits per heavy atom. The highest BCUT2D eigenvalue weighted by Crippen LogP contribution is 2.26. The van der Waals surface area contributed by atoms with Crippen LogP contribution in [0, 0.1) is 6.92 Å². The van der Waals surface area contributed by atoms with Gasteiger partial charge in [0, 0.05) is 17.8 Å². The maximum absolute atomic E-state index is 5.73. The van der Waals surface area contributed by atoms with E-state index in [-0.39, 0.29) is 0 Å². The van der Waals surface area contributed by atoms with Crippen LogP contribution >= 0.6 is 0 Å². The average Bonchev–Trinajstić information content (AvgIpc) is 2.85. The van der Waals surface area contributed by atoms with E-state index in [1.54, 1.807) is 6.33 Å². The summed E-state index contributed by atoms with van der Waals surface area (Å²) in [6.45, 7) is 4.59. The largest absolute Gasteiger partial charge is 0.492 e. The molecule has 0 aliphatic carbocycles. The van der Waals surface area contributed by atoms with E-state index in [9.17, 15) is 0 Å². The third kappa shape index (κ3) is 2.52. The molecule has 3 rings (SSSR count). The molecule has 1 aliphatic heterocycles. The van der Waals surface area contributed by atoms with Gasteiger partial charge in [-0.05, 0) is 25.5 Å². The Hall–Kier alpha value is -2.10. The normalized spacial score (nSPS) is 13.4. The smallest absolute Gasteiger partial charge is 0.135 e. The first-order valence-corrected chi connectivity index (χ1v) is 6.58. The van der Waals surface area contributed by atoms with Gasteiger partial charge in [0.25, 0.3) is 0 Å². The molecule has 0 N–H and O–H groups in total. The molecule has 0 saturated carbocycles. The zero-order valence-corrected chi connectivity index (χ0v) is 11.0. The van der Waals surface area contributed by atoms with Gasteiger partial charge in [-0.1, -0.05) is 18.2 Å². The van der Waals surface area contributed by atoms with Crippen LogP contribution in [0.1, 0.15) is 11.3 Å². The zero-order valence-electron chi connectivity index (χ0n) is 11.0. The quantitative estimate of drug-likeness (QED) is 0.839. The second kappa shape index (κ2) is 5.26. The molecule has 1 aromatic heterocycles. The predicted octanol–water partition coefficient (Wildman–Crippen LogP) is 2.23. The van der Waals surface area contributed by atoms with Crippen molar-refractivity contribution >= 4 is 5.82 Å². The van der Waals surface area contributed by atoms with Crippen molar-refractivity contribution in [3.63, 3.8) is 0 Å². The highest BCUT2D eigenvalue weighted by Gasteiger charge is 2.22. The van der Waals surface area contributed by atoms with E-state index < -0.39 is 0 Å². The van der Waals surface area contributed by atoms with Gasteiger partial charge in [0.1, 0.15) is 24.5 Å². The van der Waals surface area contributed by atoms with Crippen molar-refractivity contribution in [3.8, 4) is 5.75 Å². The first kappa shape index (κ1) is 12.0. The van der Waals surface area contributed by atoms with Gasteiger partial charge in [0.15, 0.2) is 0 Å². The summed E-state index contributed by atoms with van der Waals surface area (Å²) in [5.41, 5.74) is 2.37. The Labute approximate surface area is 113 Å². The summed E-state index contributed by atoms with van der Waals surface area (Å²) in [4.78, 5) is 10.9. The molecule has 2 heterocycles. The number of nitrogens with zero attached hydrogens (tertiary/aromatic N) is 3. The maximum Gasteiger partial charge on any atom is 0.135 e. The third-order valence-electron chi connectivity index (χ3n) is 3.44. The fourth-order valence-electron chi connectivity index (χ4n) is 2.41. The van der Waals surface area contributed by atoms with Crippen LogP contribution in [0.15, 0.2) is 36.7 Å². The molecule has 98 valence electrons. The first-order chi connectivity index (χ1) is 9.34. The van der Waals surface area contributed by atoms with Crippen LogP contribution in [-0.4, -0.2) is 29.7 Å². The lowest BCUT2D eigenvalue weighted by Crippen LogP contribution is -2.26. The summed E-state index contributed by atoms with van der Waals surface area (Å²) in [5.74, 6) is 1.99. The van der Waals surface area contributed by atoms with Crippen molar-refractivity contribution < 1.29 is 4.74 Å². The molecule has 0 saturated heterocycles. The van der Waals surface area contributed by atoms with E-state index in [2.05, 4.69) is 14.9 Å². The van der Waals surface area contributed by atoms with Crippen molar-refractivity contribution in [1.29, 1.82) is 0 Å². The fraction of sp³-hybridized carbons (Fsp3) is 0.333. The molecule has 4 nitrogen and oxygen atoms in total. The number of rotatable bonds is 4. The molecule has 0 spiro atoms. The number of fused-ring (bicyclic) bond motifs is 1. The minimum atomic E-state index is 0.673. The van der Waals surface area contributed by atoms with Crippen molar-refractivity contribution in [1.82, 2.24) is 9.97 Å². The van der Waals surface area contributed by atoms with Gasteiger partial charge in [-0.2, -0.15) is 0 Å². The van der Waals surface area contributed by atoms with Gasteiger partial charge in [-0.3, -0.25) is 0 Å². The van der Waals surface area contributed by atoms with E-state index in [1.807, 2.05) is 37.3 Å². The number of hydrogen-bond acceptors (Lipinski definition) is 4. The lowest BCUT2D eigenvalue weighted by Gasteiger charge is -2.18. The molecule has 0 bridgehead atoms. The molecule has 1 aliphatic rings. The van der Waals surface area contributed by atoms with Crippen LogP contribution in [0.25, 0.3) is 0 Å². The van der Waals surface area contributed by atoms with Crippen LogP contribution in [0.4, 0.5) is 5.82 Å². The van der Waals surface area contributed by atoms with Gasteiger partial charge < -0.3 is 9.64 Å². The third-order valence-corrected chi connectivity index (χ3v) is 3.44. The molecular formula is C15H17N3O. The fourth-order valence-corrected chi connectivity index (χ4v) is 2.41. The number of aromatic nitrogens is 2. The molecule has 0 radical (unpaired) electrons. The second-order valence-electron chi connectivity index (χ2n) is 4.66. The topological polar surface area (TPSA) is 38.2 Å². The summed E-state index contributed by atoms with van der Waals surface area (Å²) in [6, 6.07) is 9.91. The van der Waals surface area contributed by atoms with E-state index in [0.717, 1.165) is 36.8 Å². The molecule has 0 amide bonds. The van der Waals surface area contributed by atoms with Gasteiger partial charge in [0.2, 0.25) is 0 Å².